The fourth-order valence-electron chi connectivity index (χ4n) is 1.83. The molecule has 0 aliphatic heterocycles. The molecule has 0 amide bonds. The van der Waals surface area contributed by atoms with Gasteiger partial charge in [-0.1, -0.05) is 0 Å². The van der Waals surface area contributed by atoms with Crippen molar-refractivity contribution in [1.82, 2.24) is 0 Å². The van der Waals surface area contributed by atoms with Crippen LogP contribution in [0.15, 0.2) is 18.2 Å². The van der Waals surface area contributed by atoms with Crippen molar-refractivity contribution in [3.63, 3.8) is 0 Å². The minimum absolute atomic E-state index is 0.343. The molecule has 20 heavy (non-hydrogen) atoms. The quantitative estimate of drug-likeness (QED) is 0.413. The lowest BCUT2D eigenvalue weighted by molar-refractivity contribution is 0.0527. The number of unbranched alkanes of at least 4 members (excludes halogenated alkanes) is 2. The Bertz CT molecular complexity index is 422. The summed E-state index contributed by atoms with van der Waals surface area (Å²) in [7, 11) is 1.71. The highest BCUT2D eigenvalue weighted by Crippen LogP contribution is 2.19. The molecule has 5 heteroatoms. The zero-order chi connectivity index (χ0) is 14.8. The molecular formula is C15H24N2O3. The first kappa shape index (κ1) is 16.3. The smallest absolute Gasteiger partial charge is 0.340 e. The molecule has 112 valence electrons. The van der Waals surface area contributed by atoms with Gasteiger partial charge in [0.2, 0.25) is 0 Å². The molecule has 0 bridgehead atoms. The molecule has 0 saturated heterocycles. The van der Waals surface area contributed by atoms with E-state index >= 15 is 0 Å². The predicted octanol–water partition coefficient (Wildman–Crippen LogP) is 2.67. The van der Waals surface area contributed by atoms with E-state index in [4.69, 9.17) is 15.2 Å². The number of carbonyl (C=O) groups is 1. The number of benzene rings is 1. The van der Waals surface area contributed by atoms with E-state index in [1.165, 1.54) is 0 Å². The van der Waals surface area contributed by atoms with Crippen molar-refractivity contribution in [3.05, 3.63) is 23.8 Å². The van der Waals surface area contributed by atoms with Crippen LogP contribution in [0.2, 0.25) is 0 Å². The van der Waals surface area contributed by atoms with E-state index < -0.39 is 0 Å². The Labute approximate surface area is 120 Å². The largest absolute Gasteiger partial charge is 0.462 e. The second kappa shape index (κ2) is 9.20. The summed E-state index contributed by atoms with van der Waals surface area (Å²) in [6, 6.07) is 5.33. The van der Waals surface area contributed by atoms with Gasteiger partial charge in [0.1, 0.15) is 0 Å². The molecule has 0 radical (unpaired) electrons. The predicted molar refractivity (Wildman–Crippen MR) is 81.0 cm³/mol. The van der Waals surface area contributed by atoms with Gasteiger partial charge in [-0.2, -0.15) is 0 Å². The van der Waals surface area contributed by atoms with Crippen LogP contribution in [-0.2, 0) is 9.47 Å². The SMILES string of the molecule is CCOC(=O)c1cc(NCCCCCOC)ccc1N. The van der Waals surface area contributed by atoms with E-state index in [-0.39, 0.29) is 5.97 Å². The van der Waals surface area contributed by atoms with Crippen LogP contribution in [0.4, 0.5) is 11.4 Å². The minimum Gasteiger partial charge on any atom is -0.462 e. The highest BCUT2D eigenvalue weighted by Gasteiger charge is 2.11. The van der Waals surface area contributed by atoms with E-state index in [0.717, 1.165) is 38.1 Å². The maximum atomic E-state index is 11.7. The van der Waals surface area contributed by atoms with Crippen LogP contribution < -0.4 is 11.1 Å². The van der Waals surface area contributed by atoms with Gasteiger partial charge in [-0.15, -0.1) is 0 Å². The average molecular weight is 280 g/mol. The third kappa shape index (κ3) is 5.48. The van der Waals surface area contributed by atoms with Crippen molar-refractivity contribution in [2.24, 2.45) is 0 Å². The molecule has 0 atom stereocenters. The number of rotatable bonds is 9. The summed E-state index contributed by atoms with van der Waals surface area (Å²) in [5.41, 5.74) is 7.52. The lowest BCUT2D eigenvalue weighted by Crippen LogP contribution is -2.09. The Balaban J connectivity index is 2.46. The lowest BCUT2D eigenvalue weighted by Gasteiger charge is -2.10. The number of hydrogen-bond acceptors (Lipinski definition) is 5. The number of nitrogens with two attached hydrogens (primary N) is 1. The molecule has 0 spiro atoms. The van der Waals surface area contributed by atoms with Crippen LogP contribution in [0.1, 0.15) is 36.5 Å². The lowest BCUT2D eigenvalue weighted by atomic mass is 10.1. The first-order valence-electron chi connectivity index (χ1n) is 6.98. The van der Waals surface area contributed by atoms with Gasteiger partial charge in [-0.25, -0.2) is 4.79 Å². The molecule has 1 aromatic carbocycles. The van der Waals surface area contributed by atoms with E-state index in [9.17, 15) is 4.79 Å². The standard InChI is InChI=1S/C15H24N2O3/c1-3-20-15(18)13-11-12(7-8-14(13)16)17-9-5-4-6-10-19-2/h7-8,11,17H,3-6,9-10,16H2,1-2H3. The molecule has 0 fully saturated rings. The highest BCUT2D eigenvalue weighted by atomic mass is 16.5. The molecule has 0 heterocycles. The van der Waals surface area contributed by atoms with Crippen LogP contribution in [-0.4, -0.2) is 32.8 Å². The number of hydrogen-bond donors (Lipinski definition) is 2. The Hall–Kier alpha value is -1.75. The van der Waals surface area contributed by atoms with Crippen LogP contribution in [0, 0.1) is 0 Å². The van der Waals surface area contributed by atoms with Gasteiger partial charge in [-0.3, -0.25) is 0 Å². The number of esters is 1. The Kier molecular flexibility index (Phi) is 7.50. The number of nitrogens with one attached hydrogen (secondary N) is 1. The Morgan fingerprint density at radius 1 is 1.30 bits per heavy atom. The molecule has 0 aliphatic rings. The first-order valence-corrected chi connectivity index (χ1v) is 6.98. The Morgan fingerprint density at radius 3 is 2.80 bits per heavy atom. The summed E-state index contributed by atoms with van der Waals surface area (Å²) in [6.45, 7) is 3.77. The molecular weight excluding hydrogens is 256 g/mol. The fourth-order valence-corrected chi connectivity index (χ4v) is 1.83. The van der Waals surface area contributed by atoms with Crippen molar-refractivity contribution in [3.8, 4) is 0 Å². The number of ether oxygens (including phenoxy) is 2. The summed E-state index contributed by atoms with van der Waals surface area (Å²) >= 11 is 0. The third-order valence-electron chi connectivity index (χ3n) is 2.90. The topological polar surface area (TPSA) is 73.6 Å². The summed E-state index contributed by atoms with van der Waals surface area (Å²) in [5, 5.41) is 3.28. The maximum Gasteiger partial charge on any atom is 0.340 e. The summed E-state index contributed by atoms with van der Waals surface area (Å²) in [5.74, 6) is -0.381. The third-order valence-corrected chi connectivity index (χ3v) is 2.90. The van der Waals surface area contributed by atoms with E-state index in [1.54, 1.807) is 26.2 Å². The fraction of sp³-hybridized carbons (Fsp3) is 0.533. The van der Waals surface area contributed by atoms with Gasteiger partial charge < -0.3 is 20.5 Å². The minimum atomic E-state index is -0.381. The van der Waals surface area contributed by atoms with E-state index in [0.29, 0.717) is 17.9 Å². The summed E-state index contributed by atoms with van der Waals surface area (Å²) < 4.78 is 9.97. The Morgan fingerprint density at radius 2 is 2.10 bits per heavy atom. The average Bonchev–Trinajstić information content (AvgIpc) is 2.44. The van der Waals surface area contributed by atoms with Gasteiger partial charge in [0.15, 0.2) is 0 Å². The van der Waals surface area contributed by atoms with Crippen molar-refractivity contribution in [2.45, 2.75) is 26.2 Å². The molecule has 5 nitrogen and oxygen atoms in total. The van der Waals surface area contributed by atoms with E-state index in [2.05, 4.69) is 5.32 Å². The molecule has 0 unspecified atom stereocenters. The molecule has 0 aliphatic carbocycles. The molecule has 0 saturated carbocycles. The van der Waals surface area contributed by atoms with Gasteiger partial charge in [0, 0.05) is 31.6 Å². The highest BCUT2D eigenvalue weighted by molar-refractivity contribution is 5.96. The second-order valence-corrected chi connectivity index (χ2v) is 4.50. The number of methoxy groups -OCH3 is 1. The normalized spacial score (nSPS) is 10.3. The van der Waals surface area contributed by atoms with Crippen molar-refractivity contribution in [1.29, 1.82) is 0 Å². The zero-order valence-corrected chi connectivity index (χ0v) is 12.3. The van der Waals surface area contributed by atoms with E-state index in [1.807, 2.05) is 6.07 Å². The number of nitrogen functional groups attached to an aromatic ring is 1. The molecule has 1 rings (SSSR count). The second-order valence-electron chi connectivity index (χ2n) is 4.50. The number of carbonyl (C=O) groups excluding carboxylic acids is 1. The van der Waals surface area contributed by atoms with Gasteiger partial charge in [-0.05, 0) is 44.4 Å². The van der Waals surface area contributed by atoms with Crippen LogP contribution in [0.25, 0.3) is 0 Å². The summed E-state index contributed by atoms with van der Waals surface area (Å²) in [6.07, 6.45) is 3.23. The maximum absolute atomic E-state index is 11.7. The molecule has 0 aromatic heterocycles. The van der Waals surface area contributed by atoms with Crippen molar-refractivity contribution < 1.29 is 14.3 Å². The van der Waals surface area contributed by atoms with Crippen LogP contribution >= 0.6 is 0 Å². The summed E-state index contributed by atoms with van der Waals surface area (Å²) in [4.78, 5) is 11.7. The van der Waals surface area contributed by atoms with Gasteiger partial charge in [0.05, 0.1) is 12.2 Å². The van der Waals surface area contributed by atoms with Gasteiger partial charge in [0.25, 0.3) is 0 Å². The van der Waals surface area contributed by atoms with Crippen molar-refractivity contribution in [2.75, 3.05) is 37.9 Å². The molecule has 3 N–H and O–H groups in total. The number of anilines is 2. The van der Waals surface area contributed by atoms with Crippen LogP contribution in [0.5, 0.6) is 0 Å². The zero-order valence-electron chi connectivity index (χ0n) is 12.3. The van der Waals surface area contributed by atoms with Crippen molar-refractivity contribution >= 4 is 17.3 Å². The monoisotopic (exact) mass is 280 g/mol. The first-order chi connectivity index (χ1) is 9.69. The molecule has 1 aromatic rings. The van der Waals surface area contributed by atoms with Gasteiger partial charge >= 0.3 is 5.97 Å². The van der Waals surface area contributed by atoms with Crippen LogP contribution in [0.3, 0.4) is 0 Å².